The molecule has 0 bridgehead atoms. The number of carbonyl (C=O) groups is 1. The summed E-state index contributed by atoms with van der Waals surface area (Å²) in [6.45, 7) is 6.73. The molecule has 1 aromatic carbocycles. The molecule has 0 unspecified atom stereocenters. The smallest absolute Gasteiger partial charge is 0.254 e. The van der Waals surface area contributed by atoms with Crippen molar-refractivity contribution in [2.75, 3.05) is 31.1 Å². The van der Waals surface area contributed by atoms with Gasteiger partial charge in [0.05, 0.1) is 25.2 Å². The van der Waals surface area contributed by atoms with Crippen LogP contribution in [0.2, 0.25) is 0 Å². The van der Waals surface area contributed by atoms with Crippen molar-refractivity contribution in [2.45, 2.75) is 20.4 Å². The summed E-state index contributed by atoms with van der Waals surface area (Å²) in [4.78, 5) is 20.7. The number of amides is 1. The lowest BCUT2D eigenvalue weighted by Crippen LogP contribution is -2.33. The van der Waals surface area contributed by atoms with Crippen molar-refractivity contribution in [3.05, 3.63) is 48.0 Å². The van der Waals surface area contributed by atoms with Gasteiger partial charge >= 0.3 is 0 Å². The van der Waals surface area contributed by atoms with Crippen LogP contribution in [-0.4, -0.2) is 51.7 Å². The van der Waals surface area contributed by atoms with Crippen LogP contribution in [0, 0.1) is 0 Å². The van der Waals surface area contributed by atoms with Gasteiger partial charge < -0.3 is 19.5 Å². The average Bonchev–Trinajstić information content (AvgIpc) is 3.00. The lowest BCUT2D eigenvalue weighted by atomic mass is 10.1. The number of nitrogens with zero attached hydrogens (tertiary/aromatic N) is 4. The van der Waals surface area contributed by atoms with E-state index in [4.69, 9.17) is 0 Å². The number of benzene rings is 1. The van der Waals surface area contributed by atoms with Crippen LogP contribution in [-0.2, 0) is 13.6 Å². The highest BCUT2D eigenvalue weighted by molar-refractivity contribution is 5.94. The lowest BCUT2D eigenvalue weighted by molar-refractivity contribution is 0.0704. The zero-order valence-electron chi connectivity index (χ0n) is 14.6. The van der Waals surface area contributed by atoms with Crippen molar-refractivity contribution < 1.29 is 9.90 Å². The first-order chi connectivity index (χ1) is 11.6. The van der Waals surface area contributed by atoms with Crippen molar-refractivity contribution >= 4 is 11.6 Å². The highest BCUT2D eigenvalue weighted by Crippen LogP contribution is 2.17. The molecular formula is C18H26N4O2. The van der Waals surface area contributed by atoms with E-state index >= 15 is 0 Å². The Morgan fingerprint density at radius 3 is 2.38 bits per heavy atom. The van der Waals surface area contributed by atoms with Gasteiger partial charge in [-0.25, -0.2) is 4.98 Å². The second-order valence-electron chi connectivity index (χ2n) is 5.67. The summed E-state index contributed by atoms with van der Waals surface area (Å²) in [7, 11) is 1.89. The van der Waals surface area contributed by atoms with Crippen LogP contribution in [0.15, 0.2) is 36.8 Å². The van der Waals surface area contributed by atoms with Gasteiger partial charge in [-0.3, -0.25) is 4.79 Å². The number of aromatic nitrogens is 2. The van der Waals surface area contributed by atoms with Crippen LogP contribution in [0.4, 0.5) is 5.69 Å². The molecule has 1 amide bonds. The standard InChI is InChI=1S/C18H26N4O2/c1-4-21(5-2)16-8-6-15(7-9-16)18(24)22(10-11-23)13-17-12-19-14-20(17)3/h6-9,12,14,23H,4-5,10-11,13H2,1-3H3. The average molecular weight is 330 g/mol. The van der Waals surface area contributed by atoms with Gasteiger partial charge in [0, 0.05) is 44.1 Å². The number of rotatable bonds is 8. The van der Waals surface area contributed by atoms with Crippen molar-refractivity contribution in [3.63, 3.8) is 0 Å². The number of aliphatic hydroxyl groups excluding tert-OH is 1. The highest BCUT2D eigenvalue weighted by Gasteiger charge is 2.17. The summed E-state index contributed by atoms with van der Waals surface area (Å²) in [6.07, 6.45) is 3.44. The summed E-state index contributed by atoms with van der Waals surface area (Å²) in [5.41, 5.74) is 2.66. The van der Waals surface area contributed by atoms with Crippen LogP contribution in [0.3, 0.4) is 0 Å². The molecule has 1 aromatic heterocycles. The number of aliphatic hydroxyl groups is 1. The second-order valence-corrected chi connectivity index (χ2v) is 5.67. The Labute approximate surface area is 143 Å². The molecule has 6 nitrogen and oxygen atoms in total. The van der Waals surface area contributed by atoms with Crippen LogP contribution >= 0.6 is 0 Å². The van der Waals surface area contributed by atoms with Gasteiger partial charge in [-0.1, -0.05) is 0 Å². The summed E-state index contributed by atoms with van der Waals surface area (Å²) in [5.74, 6) is -0.0867. The fourth-order valence-electron chi connectivity index (χ4n) is 2.69. The third kappa shape index (κ3) is 4.14. The molecule has 130 valence electrons. The van der Waals surface area contributed by atoms with Gasteiger partial charge in [-0.2, -0.15) is 0 Å². The van der Waals surface area contributed by atoms with E-state index in [0.29, 0.717) is 18.7 Å². The molecule has 0 saturated carbocycles. The van der Waals surface area contributed by atoms with Gasteiger partial charge in [0.2, 0.25) is 0 Å². The van der Waals surface area contributed by atoms with E-state index in [1.54, 1.807) is 17.4 Å². The van der Waals surface area contributed by atoms with Crippen molar-refractivity contribution in [2.24, 2.45) is 7.05 Å². The zero-order valence-corrected chi connectivity index (χ0v) is 14.6. The zero-order chi connectivity index (χ0) is 17.5. The summed E-state index contributed by atoms with van der Waals surface area (Å²) in [6, 6.07) is 7.65. The van der Waals surface area contributed by atoms with Crippen molar-refractivity contribution in [3.8, 4) is 0 Å². The highest BCUT2D eigenvalue weighted by atomic mass is 16.3. The molecule has 0 spiro atoms. The molecular weight excluding hydrogens is 304 g/mol. The molecule has 0 radical (unpaired) electrons. The molecule has 0 aliphatic rings. The van der Waals surface area contributed by atoms with Gasteiger partial charge in [0.15, 0.2) is 0 Å². The number of anilines is 1. The van der Waals surface area contributed by atoms with E-state index in [9.17, 15) is 9.90 Å². The molecule has 0 aliphatic carbocycles. The van der Waals surface area contributed by atoms with Gasteiger partial charge in [-0.05, 0) is 38.1 Å². The molecule has 2 rings (SSSR count). The van der Waals surface area contributed by atoms with Crippen molar-refractivity contribution in [1.82, 2.24) is 14.5 Å². The first-order valence-corrected chi connectivity index (χ1v) is 8.31. The molecule has 2 aromatic rings. The van der Waals surface area contributed by atoms with E-state index in [-0.39, 0.29) is 12.5 Å². The maximum atomic E-state index is 12.8. The van der Waals surface area contributed by atoms with Gasteiger partial charge in [0.25, 0.3) is 5.91 Å². The minimum absolute atomic E-state index is 0.0683. The Morgan fingerprint density at radius 1 is 1.21 bits per heavy atom. The minimum Gasteiger partial charge on any atom is -0.395 e. The Morgan fingerprint density at radius 2 is 1.88 bits per heavy atom. The normalized spacial score (nSPS) is 10.7. The predicted octanol–water partition coefficient (Wildman–Crippen LogP) is 1.90. The third-order valence-electron chi connectivity index (χ3n) is 4.17. The Bertz CT molecular complexity index is 647. The summed E-state index contributed by atoms with van der Waals surface area (Å²) in [5, 5.41) is 9.29. The van der Waals surface area contributed by atoms with Gasteiger partial charge in [-0.15, -0.1) is 0 Å². The largest absolute Gasteiger partial charge is 0.395 e. The van der Waals surface area contributed by atoms with E-state index in [1.807, 2.05) is 35.9 Å². The summed E-state index contributed by atoms with van der Waals surface area (Å²) < 4.78 is 1.88. The SMILES string of the molecule is CCN(CC)c1ccc(C(=O)N(CCO)Cc2cncn2C)cc1. The number of aryl methyl sites for hydroxylation is 1. The van der Waals surface area contributed by atoms with Gasteiger partial charge in [0.1, 0.15) is 0 Å². The van der Waals surface area contributed by atoms with Crippen LogP contribution in [0.1, 0.15) is 29.9 Å². The molecule has 0 atom stereocenters. The van der Waals surface area contributed by atoms with E-state index in [2.05, 4.69) is 23.7 Å². The maximum Gasteiger partial charge on any atom is 0.254 e. The number of carbonyl (C=O) groups excluding carboxylic acids is 1. The predicted molar refractivity (Wildman–Crippen MR) is 95.0 cm³/mol. The quantitative estimate of drug-likeness (QED) is 0.803. The van der Waals surface area contributed by atoms with Crippen LogP contribution in [0.25, 0.3) is 0 Å². The topological polar surface area (TPSA) is 61.6 Å². The van der Waals surface area contributed by atoms with E-state index in [1.165, 1.54) is 0 Å². The number of imidazole rings is 1. The molecule has 1 heterocycles. The first-order valence-electron chi connectivity index (χ1n) is 8.31. The maximum absolute atomic E-state index is 12.8. The Kier molecular flexibility index (Phi) is 6.37. The monoisotopic (exact) mass is 330 g/mol. The van der Waals surface area contributed by atoms with Crippen molar-refractivity contribution in [1.29, 1.82) is 0 Å². The number of hydrogen-bond donors (Lipinski definition) is 1. The lowest BCUT2D eigenvalue weighted by Gasteiger charge is -2.23. The molecule has 0 fully saturated rings. The fraction of sp³-hybridized carbons (Fsp3) is 0.444. The molecule has 0 saturated heterocycles. The molecule has 0 aliphatic heterocycles. The second kappa shape index (κ2) is 8.49. The summed E-state index contributed by atoms with van der Waals surface area (Å²) >= 11 is 0. The van der Waals surface area contributed by atoms with E-state index in [0.717, 1.165) is 24.5 Å². The Balaban J connectivity index is 2.15. The fourth-order valence-corrected chi connectivity index (χ4v) is 2.69. The minimum atomic E-state index is -0.0867. The van der Waals surface area contributed by atoms with Crippen LogP contribution in [0.5, 0.6) is 0 Å². The van der Waals surface area contributed by atoms with E-state index < -0.39 is 0 Å². The van der Waals surface area contributed by atoms with Crippen LogP contribution < -0.4 is 4.90 Å². The first kappa shape index (κ1) is 18.0. The third-order valence-corrected chi connectivity index (χ3v) is 4.17. The Hall–Kier alpha value is -2.34. The molecule has 1 N–H and O–H groups in total. The number of hydrogen-bond acceptors (Lipinski definition) is 4. The molecule has 6 heteroatoms. The molecule has 24 heavy (non-hydrogen) atoms.